The van der Waals surface area contributed by atoms with Crippen molar-refractivity contribution in [2.75, 3.05) is 32.4 Å². The van der Waals surface area contributed by atoms with Gasteiger partial charge < -0.3 is 14.8 Å². The molecule has 0 radical (unpaired) electrons. The lowest BCUT2D eigenvalue weighted by molar-refractivity contribution is -0.122. The number of hydrazine groups is 1. The maximum Gasteiger partial charge on any atom is 0.290 e. The monoisotopic (exact) mass is 699 g/mol. The van der Waals surface area contributed by atoms with Gasteiger partial charge in [-0.2, -0.15) is 9.37 Å². The summed E-state index contributed by atoms with van der Waals surface area (Å²) < 4.78 is 26.7. The lowest BCUT2D eigenvalue weighted by Gasteiger charge is -2.34. The summed E-state index contributed by atoms with van der Waals surface area (Å²) in [6.45, 7) is 14.7. The van der Waals surface area contributed by atoms with Crippen molar-refractivity contribution in [3.8, 4) is 16.9 Å². The van der Waals surface area contributed by atoms with Gasteiger partial charge in [0.15, 0.2) is 5.75 Å². The molecule has 2 aromatic carbocycles. The van der Waals surface area contributed by atoms with E-state index in [-0.39, 0.29) is 29.6 Å². The number of likely N-dealkylation sites (tertiary alicyclic amines) is 1. The van der Waals surface area contributed by atoms with Crippen molar-refractivity contribution in [3.05, 3.63) is 59.9 Å². The summed E-state index contributed by atoms with van der Waals surface area (Å²) in [4.78, 5) is 17.0. The molecule has 2 saturated heterocycles. The van der Waals surface area contributed by atoms with E-state index in [1.165, 1.54) is 30.5 Å². The number of carboxylic acid groups (broad SMARTS) is 1. The molecule has 12 heteroatoms. The van der Waals surface area contributed by atoms with Crippen molar-refractivity contribution in [2.45, 2.75) is 91.0 Å². The Hall–Kier alpha value is -2.19. The number of halogens is 2. The van der Waals surface area contributed by atoms with Gasteiger partial charge in [0.2, 0.25) is 0 Å². The molecular formula is C35H59F2N5O3S2. The maximum absolute atomic E-state index is 13.7. The van der Waals surface area contributed by atoms with Crippen LogP contribution in [0.15, 0.2) is 48.5 Å². The Kier molecular flexibility index (Phi) is 26.4. The van der Waals surface area contributed by atoms with Crippen molar-refractivity contribution >= 4 is 36.6 Å². The summed E-state index contributed by atoms with van der Waals surface area (Å²) in [5, 5.41) is 14.2. The van der Waals surface area contributed by atoms with Crippen LogP contribution in [0.3, 0.4) is 0 Å². The van der Waals surface area contributed by atoms with Crippen LogP contribution in [0.25, 0.3) is 17.2 Å². The van der Waals surface area contributed by atoms with Gasteiger partial charge in [0.25, 0.3) is 6.47 Å². The summed E-state index contributed by atoms with van der Waals surface area (Å²) in [5.41, 5.74) is 6.03. The Balaban J connectivity index is 0.00000190. The van der Waals surface area contributed by atoms with E-state index in [1.807, 2.05) is 58.0 Å². The SMILES string of the molecule is CC.CC.CCC.CN1CCC(C(CCSN)NOc2ccc(/C=C/C3CC(SF)CN3N)cc2-c2ccc(F)cc2)CC1.O=CO. The fraction of sp³-hybridized carbons (Fsp3) is 0.571. The van der Waals surface area contributed by atoms with Crippen LogP contribution in [0.4, 0.5) is 8.28 Å². The van der Waals surface area contributed by atoms with E-state index < -0.39 is 0 Å². The molecule has 0 aromatic heterocycles. The second-order valence-electron chi connectivity index (χ2n) is 10.8. The number of nitrogens with one attached hydrogen (secondary N) is 1. The van der Waals surface area contributed by atoms with Gasteiger partial charge in [-0.05, 0) is 87.1 Å². The first-order valence-corrected chi connectivity index (χ1v) is 18.5. The van der Waals surface area contributed by atoms with E-state index in [0.717, 1.165) is 54.8 Å². The molecule has 0 spiro atoms. The van der Waals surface area contributed by atoms with Crippen LogP contribution in [0.5, 0.6) is 5.75 Å². The largest absolute Gasteiger partial charge is 0.483 e. The van der Waals surface area contributed by atoms with E-state index in [1.54, 1.807) is 17.1 Å². The van der Waals surface area contributed by atoms with Crippen LogP contribution < -0.4 is 21.3 Å². The van der Waals surface area contributed by atoms with E-state index in [0.29, 0.717) is 36.8 Å². The highest BCUT2D eigenvalue weighted by molar-refractivity contribution is 7.97. The van der Waals surface area contributed by atoms with Gasteiger partial charge in [0.1, 0.15) is 5.82 Å². The third-order valence-electron chi connectivity index (χ3n) is 7.34. The molecule has 3 atom stereocenters. The molecule has 6 N–H and O–H groups in total. The Labute approximate surface area is 291 Å². The number of hydrogen-bond donors (Lipinski definition) is 4. The molecule has 47 heavy (non-hydrogen) atoms. The molecule has 3 unspecified atom stereocenters. The van der Waals surface area contributed by atoms with Crippen LogP contribution in [0.1, 0.15) is 79.2 Å². The highest BCUT2D eigenvalue weighted by Crippen LogP contribution is 2.33. The van der Waals surface area contributed by atoms with Crippen LogP contribution in [0, 0.1) is 11.7 Å². The van der Waals surface area contributed by atoms with Gasteiger partial charge in [0, 0.05) is 42.1 Å². The fourth-order valence-corrected chi connectivity index (χ4v) is 5.97. The molecular weight excluding hydrogens is 641 g/mol. The van der Waals surface area contributed by atoms with Gasteiger partial charge in [-0.25, -0.2) is 9.40 Å². The van der Waals surface area contributed by atoms with Crippen LogP contribution in [-0.2, 0) is 4.79 Å². The maximum atomic E-state index is 13.7. The first-order chi connectivity index (χ1) is 22.8. The first-order valence-electron chi connectivity index (χ1n) is 16.7. The second-order valence-corrected chi connectivity index (χ2v) is 12.4. The number of nitrogens with zero attached hydrogens (tertiary/aromatic N) is 2. The first kappa shape index (κ1) is 44.8. The summed E-state index contributed by atoms with van der Waals surface area (Å²) in [5.74, 6) is 7.82. The highest BCUT2D eigenvalue weighted by atomic mass is 32.2. The van der Waals surface area contributed by atoms with Crippen LogP contribution >= 0.6 is 24.1 Å². The van der Waals surface area contributed by atoms with E-state index in [2.05, 4.69) is 31.3 Å². The average Bonchev–Trinajstić information content (AvgIpc) is 3.47. The molecule has 2 aromatic rings. The zero-order valence-electron chi connectivity index (χ0n) is 29.3. The van der Waals surface area contributed by atoms with E-state index in [9.17, 15) is 8.28 Å². The van der Waals surface area contributed by atoms with Crippen molar-refractivity contribution in [1.82, 2.24) is 15.4 Å². The van der Waals surface area contributed by atoms with Crippen molar-refractivity contribution in [1.29, 1.82) is 0 Å². The van der Waals surface area contributed by atoms with Crippen molar-refractivity contribution in [3.63, 3.8) is 0 Å². The normalized spacial score (nSPS) is 18.7. The molecule has 2 heterocycles. The molecule has 2 aliphatic rings. The number of carbonyl (C=O) groups is 1. The Morgan fingerprint density at radius 2 is 1.70 bits per heavy atom. The standard InChI is InChI=1S/C27H37F2N5OS2.C3H8.2C2H6.CH2O2/c1-33-13-10-21(11-14-33)26(12-15-36-31)32-35-27-9-3-19(2-8-23-17-24(37-29)18-34(23)30)16-25(27)20-4-6-22(28)7-5-20;1-3-2;2*1-2;2-1-3/h2-9,16,21,23-24,26,32H,10-15,17-18,30-31H2,1H3;3H2,1-2H3;2*1-2H3;1H,(H,2,3)/b8-2+;;;;. The number of hydrogen-bond acceptors (Lipinski definition) is 9. The molecule has 0 saturated carbocycles. The predicted octanol–water partition coefficient (Wildman–Crippen LogP) is 8.20. The molecule has 4 rings (SSSR count). The summed E-state index contributed by atoms with van der Waals surface area (Å²) in [6.07, 6.45) is 9.07. The third-order valence-corrected chi connectivity index (χ3v) is 8.40. The second kappa shape index (κ2) is 27.7. The third kappa shape index (κ3) is 17.2. The minimum absolute atomic E-state index is 0.0178. The molecule has 0 bridgehead atoms. The van der Waals surface area contributed by atoms with Crippen molar-refractivity contribution in [2.24, 2.45) is 16.9 Å². The zero-order valence-corrected chi connectivity index (χ0v) is 31.0. The lowest BCUT2D eigenvalue weighted by Crippen LogP contribution is -2.44. The number of hydroxylamine groups is 1. The smallest absolute Gasteiger partial charge is 0.290 e. The van der Waals surface area contributed by atoms with Gasteiger partial charge in [-0.15, -0.1) is 0 Å². The Bertz CT molecular complexity index is 1090. The highest BCUT2D eigenvalue weighted by Gasteiger charge is 2.29. The van der Waals surface area contributed by atoms with Crippen LogP contribution in [-0.4, -0.2) is 71.3 Å². The molecule has 0 amide bonds. The molecule has 0 aliphatic carbocycles. The number of nitrogens with two attached hydrogens (primary N) is 2. The number of piperidine rings is 1. The Morgan fingerprint density at radius 1 is 1.11 bits per heavy atom. The molecule has 8 nitrogen and oxygen atoms in total. The summed E-state index contributed by atoms with van der Waals surface area (Å²) >= 11 is 1.72. The zero-order chi connectivity index (χ0) is 35.6. The average molecular weight is 700 g/mol. The topological polar surface area (TPSA) is 117 Å². The van der Waals surface area contributed by atoms with Crippen LogP contribution in [0.2, 0.25) is 0 Å². The van der Waals surface area contributed by atoms with Gasteiger partial charge in [0.05, 0.1) is 5.25 Å². The Morgan fingerprint density at radius 3 is 2.23 bits per heavy atom. The van der Waals surface area contributed by atoms with Gasteiger partial charge in [-0.1, -0.05) is 90.3 Å². The minimum Gasteiger partial charge on any atom is -0.483 e. The van der Waals surface area contributed by atoms with E-state index >= 15 is 0 Å². The number of benzene rings is 2. The summed E-state index contributed by atoms with van der Waals surface area (Å²) in [7, 11) is 2.16. The van der Waals surface area contributed by atoms with Gasteiger partial charge in [-0.3, -0.25) is 15.8 Å². The molecule has 268 valence electrons. The summed E-state index contributed by atoms with van der Waals surface area (Å²) in [6, 6.07) is 12.5. The minimum atomic E-state index is -0.286. The fourth-order valence-electron chi connectivity index (χ4n) is 5.08. The van der Waals surface area contributed by atoms with Gasteiger partial charge >= 0.3 is 0 Å². The lowest BCUT2D eigenvalue weighted by atomic mass is 9.88. The van der Waals surface area contributed by atoms with E-state index in [4.69, 9.17) is 25.7 Å². The molecule has 2 fully saturated rings. The predicted molar refractivity (Wildman–Crippen MR) is 199 cm³/mol. The quantitative estimate of drug-likeness (QED) is 0.0792. The number of rotatable bonds is 11. The molecule has 2 aliphatic heterocycles. The van der Waals surface area contributed by atoms with Crippen molar-refractivity contribution < 1.29 is 23.0 Å².